The maximum Gasteiger partial charge on any atom is 0.310 e. The van der Waals surface area contributed by atoms with E-state index in [4.69, 9.17) is 9.47 Å². The van der Waals surface area contributed by atoms with E-state index in [-0.39, 0.29) is 11.9 Å². The summed E-state index contributed by atoms with van der Waals surface area (Å²) in [6, 6.07) is 0. The van der Waals surface area contributed by atoms with Crippen LogP contribution >= 0.6 is 0 Å². The molecule has 0 aromatic carbocycles. The number of hydrogen-bond acceptors (Lipinski definition) is 4. The van der Waals surface area contributed by atoms with Gasteiger partial charge in [-0.2, -0.15) is 0 Å². The first-order chi connectivity index (χ1) is 13.6. The Morgan fingerprint density at radius 2 is 1.18 bits per heavy atom. The van der Waals surface area contributed by atoms with Gasteiger partial charge in [0.05, 0.1) is 25.0 Å². The second kappa shape index (κ2) is 14.6. The molecule has 28 heavy (non-hydrogen) atoms. The Morgan fingerprint density at radius 3 is 1.50 bits per heavy atom. The SMILES string of the molecule is CCCCC(CC)COC(=O)[C@@H]1CC=CC[C@H]1C(=O)OCC(CC)CCCC. The molecular formula is C24H42O4. The lowest BCUT2D eigenvalue weighted by atomic mass is 9.83. The average molecular weight is 395 g/mol. The highest BCUT2D eigenvalue weighted by Crippen LogP contribution is 2.29. The molecule has 0 bridgehead atoms. The monoisotopic (exact) mass is 394 g/mol. The second-order valence-corrected chi connectivity index (χ2v) is 8.25. The smallest absolute Gasteiger partial charge is 0.310 e. The number of rotatable bonds is 14. The molecule has 0 spiro atoms. The van der Waals surface area contributed by atoms with Gasteiger partial charge in [0.1, 0.15) is 0 Å². The Kier molecular flexibility index (Phi) is 12.9. The summed E-state index contributed by atoms with van der Waals surface area (Å²) in [6.45, 7) is 9.56. The highest BCUT2D eigenvalue weighted by molar-refractivity contribution is 5.82. The minimum Gasteiger partial charge on any atom is -0.465 e. The molecule has 0 aromatic heterocycles. The molecule has 162 valence electrons. The molecule has 0 saturated heterocycles. The molecule has 0 aliphatic heterocycles. The predicted molar refractivity (Wildman–Crippen MR) is 114 cm³/mol. The molecule has 2 unspecified atom stereocenters. The van der Waals surface area contributed by atoms with Crippen LogP contribution in [0.4, 0.5) is 0 Å². The Labute approximate surface area is 172 Å². The van der Waals surface area contributed by atoms with Crippen molar-refractivity contribution >= 4 is 11.9 Å². The van der Waals surface area contributed by atoms with Crippen molar-refractivity contribution in [2.45, 2.75) is 91.9 Å². The molecule has 4 heteroatoms. The Hall–Kier alpha value is -1.32. The zero-order valence-corrected chi connectivity index (χ0v) is 18.6. The second-order valence-electron chi connectivity index (χ2n) is 8.25. The van der Waals surface area contributed by atoms with E-state index in [1.807, 2.05) is 12.2 Å². The topological polar surface area (TPSA) is 52.6 Å². The number of esters is 2. The van der Waals surface area contributed by atoms with E-state index in [2.05, 4.69) is 27.7 Å². The van der Waals surface area contributed by atoms with Crippen molar-refractivity contribution in [2.24, 2.45) is 23.7 Å². The summed E-state index contributed by atoms with van der Waals surface area (Å²) in [4.78, 5) is 25.4. The van der Waals surface area contributed by atoms with Crippen LogP contribution in [-0.2, 0) is 19.1 Å². The van der Waals surface area contributed by atoms with Gasteiger partial charge in [0, 0.05) is 0 Å². The lowest BCUT2D eigenvalue weighted by Crippen LogP contribution is -2.35. The molecule has 1 aliphatic rings. The van der Waals surface area contributed by atoms with Gasteiger partial charge in [-0.05, 0) is 37.5 Å². The highest BCUT2D eigenvalue weighted by Gasteiger charge is 2.36. The number of allylic oxidation sites excluding steroid dienone is 2. The van der Waals surface area contributed by atoms with Gasteiger partial charge in [-0.15, -0.1) is 0 Å². The molecule has 0 radical (unpaired) electrons. The zero-order valence-electron chi connectivity index (χ0n) is 18.6. The number of carbonyl (C=O) groups is 2. The van der Waals surface area contributed by atoms with Gasteiger partial charge >= 0.3 is 11.9 Å². The zero-order chi connectivity index (χ0) is 20.8. The first-order valence-corrected chi connectivity index (χ1v) is 11.5. The molecule has 0 amide bonds. The van der Waals surface area contributed by atoms with Gasteiger partial charge in [-0.1, -0.05) is 78.4 Å². The Balaban J connectivity index is 2.56. The van der Waals surface area contributed by atoms with E-state index in [1.165, 1.54) is 0 Å². The molecule has 4 nitrogen and oxygen atoms in total. The molecule has 0 fully saturated rings. The molecule has 0 N–H and O–H groups in total. The van der Waals surface area contributed by atoms with E-state index >= 15 is 0 Å². The van der Waals surface area contributed by atoms with Crippen molar-refractivity contribution in [3.05, 3.63) is 12.2 Å². The van der Waals surface area contributed by atoms with Gasteiger partial charge in [0.2, 0.25) is 0 Å². The Bertz CT molecular complexity index is 429. The summed E-state index contributed by atoms with van der Waals surface area (Å²) in [5, 5.41) is 0. The number of ether oxygens (including phenoxy) is 2. The third-order valence-corrected chi connectivity index (χ3v) is 6.05. The Morgan fingerprint density at radius 1 is 0.786 bits per heavy atom. The van der Waals surface area contributed by atoms with Gasteiger partial charge < -0.3 is 9.47 Å². The van der Waals surface area contributed by atoms with Crippen LogP contribution < -0.4 is 0 Å². The van der Waals surface area contributed by atoms with Crippen LogP contribution in [0, 0.1) is 23.7 Å². The summed E-state index contributed by atoms with van der Waals surface area (Å²) < 4.78 is 11.3. The van der Waals surface area contributed by atoms with Crippen LogP contribution in [-0.4, -0.2) is 25.2 Å². The summed E-state index contributed by atoms with van der Waals surface area (Å²) in [6.07, 6.45) is 13.9. The van der Waals surface area contributed by atoms with Crippen LogP contribution in [0.1, 0.15) is 91.9 Å². The number of unbranched alkanes of at least 4 members (excludes halogenated alkanes) is 2. The van der Waals surface area contributed by atoms with Gasteiger partial charge in [0.25, 0.3) is 0 Å². The lowest BCUT2D eigenvalue weighted by molar-refractivity contribution is -0.162. The van der Waals surface area contributed by atoms with Gasteiger partial charge in [-0.3, -0.25) is 9.59 Å². The minimum absolute atomic E-state index is 0.237. The van der Waals surface area contributed by atoms with Crippen molar-refractivity contribution in [3.63, 3.8) is 0 Å². The minimum atomic E-state index is -0.406. The van der Waals surface area contributed by atoms with Crippen LogP contribution in [0.5, 0.6) is 0 Å². The van der Waals surface area contributed by atoms with E-state index in [1.54, 1.807) is 0 Å². The van der Waals surface area contributed by atoms with E-state index < -0.39 is 11.8 Å². The van der Waals surface area contributed by atoms with Crippen molar-refractivity contribution in [1.82, 2.24) is 0 Å². The summed E-state index contributed by atoms with van der Waals surface area (Å²) in [5.74, 6) is -0.457. The molecule has 1 rings (SSSR count). The van der Waals surface area contributed by atoms with Crippen molar-refractivity contribution < 1.29 is 19.1 Å². The van der Waals surface area contributed by atoms with E-state index in [0.717, 1.165) is 51.4 Å². The van der Waals surface area contributed by atoms with Gasteiger partial charge in [0.15, 0.2) is 0 Å². The largest absolute Gasteiger partial charge is 0.465 e. The van der Waals surface area contributed by atoms with Crippen LogP contribution in [0.15, 0.2) is 12.2 Å². The molecule has 1 aliphatic carbocycles. The first kappa shape index (κ1) is 24.7. The normalized spacial score (nSPS) is 21.1. The van der Waals surface area contributed by atoms with Crippen molar-refractivity contribution in [2.75, 3.05) is 13.2 Å². The lowest BCUT2D eigenvalue weighted by Gasteiger charge is -2.27. The molecular weight excluding hydrogens is 352 g/mol. The predicted octanol–water partition coefficient (Wildman–Crippen LogP) is 6.09. The van der Waals surface area contributed by atoms with Crippen LogP contribution in [0.3, 0.4) is 0 Å². The summed E-state index contributed by atoms with van der Waals surface area (Å²) in [7, 11) is 0. The maximum atomic E-state index is 12.7. The quantitative estimate of drug-likeness (QED) is 0.264. The van der Waals surface area contributed by atoms with Crippen LogP contribution in [0.2, 0.25) is 0 Å². The third-order valence-electron chi connectivity index (χ3n) is 6.05. The number of hydrogen-bond donors (Lipinski definition) is 0. The fourth-order valence-electron chi connectivity index (χ4n) is 3.75. The third kappa shape index (κ3) is 8.79. The summed E-state index contributed by atoms with van der Waals surface area (Å²) in [5.41, 5.74) is 0. The standard InChI is InChI=1S/C24H42O4/c1-5-9-13-19(7-3)17-27-23(25)21-15-11-12-16-22(21)24(26)28-18-20(8-4)14-10-6-2/h11-12,19-22H,5-10,13-18H2,1-4H3/t19?,20?,21-,22-/m1/s1. The fraction of sp³-hybridized carbons (Fsp3) is 0.833. The highest BCUT2D eigenvalue weighted by atomic mass is 16.5. The fourth-order valence-corrected chi connectivity index (χ4v) is 3.75. The molecule has 0 heterocycles. The maximum absolute atomic E-state index is 12.7. The summed E-state index contributed by atoms with van der Waals surface area (Å²) >= 11 is 0. The molecule has 0 aromatic rings. The number of carbonyl (C=O) groups excluding carboxylic acids is 2. The first-order valence-electron chi connectivity index (χ1n) is 11.5. The molecule has 0 saturated carbocycles. The van der Waals surface area contributed by atoms with Gasteiger partial charge in [-0.25, -0.2) is 0 Å². The van der Waals surface area contributed by atoms with E-state index in [0.29, 0.717) is 37.9 Å². The average Bonchev–Trinajstić information content (AvgIpc) is 2.73. The van der Waals surface area contributed by atoms with Crippen molar-refractivity contribution in [1.29, 1.82) is 0 Å². The van der Waals surface area contributed by atoms with E-state index in [9.17, 15) is 9.59 Å². The van der Waals surface area contributed by atoms with Crippen molar-refractivity contribution in [3.8, 4) is 0 Å². The molecule has 4 atom stereocenters. The van der Waals surface area contributed by atoms with Crippen LogP contribution in [0.25, 0.3) is 0 Å².